The topological polar surface area (TPSA) is 43.1 Å². The van der Waals surface area contributed by atoms with Gasteiger partial charge in [0.05, 0.1) is 0 Å². The highest BCUT2D eigenvalue weighted by Crippen LogP contribution is 2.10. The number of nitrogens with two attached hydrogens (primary N) is 1. The summed E-state index contributed by atoms with van der Waals surface area (Å²) in [5, 5.41) is 0.706. The Bertz CT molecular complexity index is 268. The molecule has 1 aromatic rings. The minimum absolute atomic E-state index is 0.273. The molecule has 2 N–H and O–H groups in total. The van der Waals surface area contributed by atoms with Crippen LogP contribution < -0.4 is 5.73 Å². The molecular formula is C9H10ClNO. The summed E-state index contributed by atoms with van der Waals surface area (Å²) in [5.74, 6) is -0.273. The normalized spacial score (nSPS) is 9.75. The molecule has 1 amide bonds. The molecule has 1 aromatic carbocycles. The van der Waals surface area contributed by atoms with E-state index in [1.165, 1.54) is 0 Å². The maximum Gasteiger partial charge on any atom is 0.217 e. The van der Waals surface area contributed by atoms with Gasteiger partial charge in [0.2, 0.25) is 5.91 Å². The maximum atomic E-state index is 10.4. The number of benzene rings is 1. The first-order valence-corrected chi connectivity index (χ1v) is 4.09. The molecule has 1 rings (SSSR count). The third kappa shape index (κ3) is 2.93. The quantitative estimate of drug-likeness (QED) is 0.763. The van der Waals surface area contributed by atoms with E-state index in [9.17, 15) is 4.79 Å². The highest BCUT2D eigenvalue weighted by atomic mass is 35.5. The molecule has 0 aliphatic carbocycles. The lowest BCUT2D eigenvalue weighted by atomic mass is 10.1. The summed E-state index contributed by atoms with van der Waals surface area (Å²) >= 11 is 5.68. The zero-order valence-electron chi connectivity index (χ0n) is 6.59. The largest absolute Gasteiger partial charge is 0.370 e. The average molecular weight is 184 g/mol. The van der Waals surface area contributed by atoms with Crippen molar-refractivity contribution in [3.63, 3.8) is 0 Å². The van der Waals surface area contributed by atoms with Gasteiger partial charge in [-0.3, -0.25) is 4.79 Å². The van der Waals surface area contributed by atoms with Crippen molar-refractivity contribution in [2.45, 2.75) is 12.8 Å². The van der Waals surface area contributed by atoms with Crippen LogP contribution in [0.4, 0.5) is 0 Å². The molecule has 0 bridgehead atoms. The number of carbonyl (C=O) groups is 1. The van der Waals surface area contributed by atoms with Gasteiger partial charge in [-0.05, 0) is 24.1 Å². The number of carbonyl (C=O) groups excluding carboxylic acids is 1. The van der Waals surface area contributed by atoms with E-state index in [-0.39, 0.29) is 5.91 Å². The SMILES string of the molecule is NC(=O)CCc1ccc(Cl)cc1. The third-order valence-corrected chi connectivity index (χ3v) is 1.83. The highest BCUT2D eigenvalue weighted by molar-refractivity contribution is 6.30. The Morgan fingerprint density at radius 1 is 1.33 bits per heavy atom. The van der Waals surface area contributed by atoms with Gasteiger partial charge in [0.1, 0.15) is 0 Å². The molecule has 0 aliphatic heterocycles. The van der Waals surface area contributed by atoms with Crippen LogP contribution in [-0.2, 0) is 11.2 Å². The molecule has 3 heteroatoms. The van der Waals surface area contributed by atoms with Crippen LogP contribution in [0.3, 0.4) is 0 Å². The number of halogens is 1. The van der Waals surface area contributed by atoms with Crippen molar-refractivity contribution >= 4 is 17.5 Å². The fraction of sp³-hybridized carbons (Fsp3) is 0.222. The fourth-order valence-electron chi connectivity index (χ4n) is 0.919. The Hall–Kier alpha value is -1.02. The summed E-state index contributed by atoms with van der Waals surface area (Å²) in [6.45, 7) is 0. The summed E-state index contributed by atoms with van der Waals surface area (Å²) in [5.41, 5.74) is 6.09. The second kappa shape index (κ2) is 4.12. The van der Waals surface area contributed by atoms with Crippen LogP contribution in [0.25, 0.3) is 0 Å². The zero-order valence-corrected chi connectivity index (χ0v) is 7.34. The first kappa shape index (κ1) is 9.07. The highest BCUT2D eigenvalue weighted by Gasteiger charge is 1.96. The molecule has 0 fully saturated rings. The minimum Gasteiger partial charge on any atom is -0.370 e. The molecule has 0 spiro atoms. The lowest BCUT2D eigenvalue weighted by molar-refractivity contribution is -0.117. The number of hydrogen-bond donors (Lipinski definition) is 1. The molecule has 0 unspecified atom stereocenters. The molecule has 0 atom stereocenters. The summed E-state index contributed by atoms with van der Waals surface area (Å²) in [6.07, 6.45) is 1.08. The maximum absolute atomic E-state index is 10.4. The van der Waals surface area contributed by atoms with Gasteiger partial charge in [-0.15, -0.1) is 0 Å². The molecule has 0 saturated heterocycles. The van der Waals surface area contributed by atoms with Crippen LogP contribution in [0.15, 0.2) is 24.3 Å². The molecule has 0 saturated carbocycles. The van der Waals surface area contributed by atoms with Gasteiger partial charge in [0.15, 0.2) is 0 Å². The Labute approximate surface area is 76.3 Å². The van der Waals surface area contributed by atoms with E-state index in [2.05, 4.69) is 0 Å². The first-order valence-electron chi connectivity index (χ1n) is 3.71. The van der Waals surface area contributed by atoms with Gasteiger partial charge in [-0.25, -0.2) is 0 Å². The lowest BCUT2D eigenvalue weighted by Gasteiger charge is -1.97. The van der Waals surface area contributed by atoms with E-state index in [1.807, 2.05) is 12.1 Å². The van der Waals surface area contributed by atoms with Crippen molar-refractivity contribution in [3.05, 3.63) is 34.9 Å². The van der Waals surface area contributed by atoms with Crippen LogP contribution in [0.5, 0.6) is 0 Å². The molecule has 0 radical (unpaired) electrons. The Morgan fingerprint density at radius 3 is 2.42 bits per heavy atom. The molecule has 0 heterocycles. The molecular weight excluding hydrogens is 174 g/mol. The average Bonchev–Trinajstić information content (AvgIpc) is 2.03. The predicted molar refractivity (Wildman–Crippen MR) is 49.0 cm³/mol. The number of rotatable bonds is 3. The lowest BCUT2D eigenvalue weighted by Crippen LogP contribution is -2.11. The first-order chi connectivity index (χ1) is 5.68. The molecule has 64 valence electrons. The second-order valence-corrected chi connectivity index (χ2v) is 3.03. The van der Waals surface area contributed by atoms with Crippen LogP contribution in [0, 0.1) is 0 Å². The van der Waals surface area contributed by atoms with Crippen LogP contribution in [0.1, 0.15) is 12.0 Å². The Kier molecular flexibility index (Phi) is 3.11. The van der Waals surface area contributed by atoms with E-state index in [1.54, 1.807) is 12.1 Å². The van der Waals surface area contributed by atoms with Gasteiger partial charge < -0.3 is 5.73 Å². The molecule has 0 aliphatic rings. The van der Waals surface area contributed by atoms with Crippen LogP contribution in [0.2, 0.25) is 5.02 Å². The Morgan fingerprint density at radius 2 is 1.92 bits per heavy atom. The van der Waals surface area contributed by atoms with E-state index in [0.717, 1.165) is 5.56 Å². The smallest absolute Gasteiger partial charge is 0.217 e. The van der Waals surface area contributed by atoms with E-state index < -0.39 is 0 Å². The van der Waals surface area contributed by atoms with E-state index in [4.69, 9.17) is 17.3 Å². The van der Waals surface area contributed by atoms with E-state index in [0.29, 0.717) is 17.9 Å². The third-order valence-electron chi connectivity index (χ3n) is 1.57. The van der Waals surface area contributed by atoms with E-state index >= 15 is 0 Å². The predicted octanol–water partition coefficient (Wildman–Crippen LogP) is 1.76. The van der Waals surface area contributed by atoms with Crippen molar-refractivity contribution < 1.29 is 4.79 Å². The van der Waals surface area contributed by atoms with Crippen molar-refractivity contribution in [2.75, 3.05) is 0 Å². The van der Waals surface area contributed by atoms with Gasteiger partial charge in [-0.1, -0.05) is 23.7 Å². The van der Waals surface area contributed by atoms with Crippen LogP contribution in [-0.4, -0.2) is 5.91 Å². The van der Waals surface area contributed by atoms with Gasteiger partial charge in [0, 0.05) is 11.4 Å². The second-order valence-electron chi connectivity index (χ2n) is 2.59. The fourth-order valence-corrected chi connectivity index (χ4v) is 1.04. The molecule has 12 heavy (non-hydrogen) atoms. The number of amides is 1. The van der Waals surface area contributed by atoms with Crippen molar-refractivity contribution in [1.82, 2.24) is 0 Å². The van der Waals surface area contributed by atoms with Crippen molar-refractivity contribution in [2.24, 2.45) is 5.73 Å². The zero-order chi connectivity index (χ0) is 8.97. The van der Waals surface area contributed by atoms with Crippen molar-refractivity contribution in [1.29, 1.82) is 0 Å². The summed E-state index contributed by atoms with van der Waals surface area (Å²) in [7, 11) is 0. The number of aryl methyl sites for hydroxylation is 1. The molecule has 2 nitrogen and oxygen atoms in total. The van der Waals surface area contributed by atoms with Crippen molar-refractivity contribution in [3.8, 4) is 0 Å². The van der Waals surface area contributed by atoms with Crippen LogP contribution >= 0.6 is 11.6 Å². The summed E-state index contributed by atoms with van der Waals surface area (Å²) in [6, 6.07) is 7.40. The number of hydrogen-bond acceptors (Lipinski definition) is 1. The summed E-state index contributed by atoms with van der Waals surface area (Å²) < 4.78 is 0. The minimum atomic E-state index is -0.273. The monoisotopic (exact) mass is 183 g/mol. The molecule has 0 aromatic heterocycles. The number of primary amides is 1. The summed E-state index contributed by atoms with van der Waals surface area (Å²) in [4.78, 5) is 10.4. The standard InChI is InChI=1S/C9H10ClNO/c10-8-4-1-7(2-5-8)3-6-9(11)12/h1-2,4-5H,3,6H2,(H2,11,12). The van der Waals surface area contributed by atoms with Gasteiger partial charge in [-0.2, -0.15) is 0 Å². The Balaban J connectivity index is 2.53. The van der Waals surface area contributed by atoms with Gasteiger partial charge >= 0.3 is 0 Å². The van der Waals surface area contributed by atoms with Gasteiger partial charge in [0.25, 0.3) is 0 Å².